The minimum absolute atomic E-state index is 0.0515. The number of amides is 1. The first-order valence-electron chi connectivity index (χ1n) is 10.2. The Morgan fingerprint density at radius 1 is 1.23 bits per heavy atom. The number of aliphatic hydroxyl groups is 2. The Hall–Kier alpha value is -1.07. The molecule has 5 heteroatoms. The zero-order valence-electron chi connectivity index (χ0n) is 16.2. The quantitative estimate of drug-likeness (QED) is 0.575. The average molecular weight is 366 g/mol. The van der Waals surface area contributed by atoms with Crippen LogP contribution in [0.15, 0.2) is 12.2 Å². The van der Waals surface area contributed by atoms with Crippen molar-refractivity contribution in [2.24, 2.45) is 34.5 Å². The van der Waals surface area contributed by atoms with Gasteiger partial charge in [0.25, 0.3) is 0 Å². The van der Waals surface area contributed by atoms with Crippen molar-refractivity contribution in [3.63, 3.8) is 0 Å². The standard InChI is InChI=1S/C21H35NO4/c1-13-4-5-17-16(11-22-19(25)26)18(7-9-20(13,17)2)21(3)8-6-15(24)10-14(21)12-23/h14-18,22-24H,1,4-12H2,2-3H3,(H,25,26)/t14-,15+,16+,17+,18+,20-,21+/m1/s1. The first kappa shape index (κ1) is 19.7. The fraction of sp³-hybridized carbons (Fsp3) is 0.857. The fourth-order valence-corrected chi connectivity index (χ4v) is 6.67. The smallest absolute Gasteiger partial charge is 0.404 e. The molecule has 26 heavy (non-hydrogen) atoms. The SMILES string of the molecule is C=C1CC[C@H]2[C@H](CNC(=O)O)[C@@H]([C@@]3(C)CC[C@H](O)C[C@@H]3CO)CC[C@]12C. The summed E-state index contributed by atoms with van der Waals surface area (Å²) in [5, 5.41) is 32.0. The van der Waals surface area contributed by atoms with Crippen LogP contribution >= 0.6 is 0 Å². The first-order valence-corrected chi connectivity index (χ1v) is 10.2. The minimum Gasteiger partial charge on any atom is -0.465 e. The lowest BCUT2D eigenvalue weighted by atomic mass is 9.49. The van der Waals surface area contributed by atoms with Crippen LogP contribution in [0.3, 0.4) is 0 Å². The van der Waals surface area contributed by atoms with Crippen LogP contribution < -0.4 is 5.32 Å². The van der Waals surface area contributed by atoms with Crippen LogP contribution in [0.25, 0.3) is 0 Å². The van der Waals surface area contributed by atoms with Gasteiger partial charge in [0.15, 0.2) is 0 Å². The van der Waals surface area contributed by atoms with Crippen molar-refractivity contribution in [1.82, 2.24) is 5.32 Å². The topological polar surface area (TPSA) is 89.8 Å². The predicted octanol–water partition coefficient (Wildman–Crippen LogP) is 3.41. The van der Waals surface area contributed by atoms with Gasteiger partial charge in [-0.2, -0.15) is 0 Å². The van der Waals surface area contributed by atoms with Crippen LogP contribution in [0.2, 0.25) is 0 Å². The van der Waals surface area contributed by atoms with E-state index in [2.05, 4.69) is 25.7 Å². The van der Waals surface area contributed by atoms with E-state index in [1.54, 1.807) is 0 Å². The molecular formula is C21H35NO4. The van der Waals surface area contributed by atoms with E-state index in [0.29, 0.717) is 24.8 Å². The maximum atomic E-state index is 11.2. The van der Waals surface area contributed by atoms with Crippen molar-refractivity contribution in [1.29, 1.82) is 0 Å². The van der Waals surface area contributed by atoms with Gasteiger partial charge in [0, 0.05) is 13.2 Å². The molecule has 3 aliphatic rings. The number of allylic oxidation sites excluding steroid dienone is 1. The lowest BCUT2D eigenvalue weighted by molar-refractivity contribution is -0.0929. The molecule has 0 aromatic carbocycles. The highest BCUT2D eigenvalue weighted by Crippen LogP contribution is 2.63. The number of nitrogens with one attached hydrogen (secondary N) is 1. The zero-order valence-corrected chi connectivity index (χ0v) is 16.2. The van der Waals surface area contributed by atoms with Crippen molar-refractivity contribution >= 4 is 6.09 Å². The summed E-state index contributed by atoms with van der Waals surface area (Å²) in [4.78, 5) is 11.2. The van der Waals surface area contributed by atoms with Gasteiger partial charge in [0.1, 0.15) is 0 Å². The van der Waals surface area contributed by atoms with Crippen molar-refractivity contribution in [3.8, 4) is 0 Å². The highest BCUT2D eigenvalue weighted by Gasteiger charge is 2.56. The fourth-order valence-electron chi connectivity index (χ4n) is 6.67. The van der Waals surface area contributed by atoms with E-state index in [1.165, 1.54) is 5.57 Å². The Labute approximate surface area is 156 Å². The van der Waals surface area contributed by atoms with Crippen molar-refractivity contribution in [2.75, 3.05) is 13.2 Å². The Kier molecular flexibility index (Phi) is 5.42. The van der Waals surface area contributed by atoms with Gasteiger partial charge in [-0.15, -0.1) is 0 Å². The van der Waals surface area contributed by atoms with Crippen LogP contribution in [0.5, 0.6) is 0 Å². The molecule has 3 fully saturated rings. The Morgan fingerprint density at radius 2 is 1.96 bits per heavy atom. The van der Waals surface area contributed by atoms with E-state index >= 15 is 0 Å². The van der Waals surface area contributed by atoms with E-state index in [0.717, 1.165) is 38.5 Å². The Bertz CT molecular complexity index is 564. The summed E-state index contributed by atoms with van der Waals surface area (Å²) in [5.41, 5.74) is 1.38. The Balaban J connectivity index is 1.91. The van der Waals surface area contributed by atoms with E-state index in [9.17, 15) is 20.1 Å². The second-order valence-electron chi connectivity index (χ2n) is 9.47. The molecule has 3 rings (SSSR count). The molecule has 0 aliphatic heterocycles. The molecule has 148 valence electrons. The molecule has 0 saturated heterocycles. The van der Waals surface area contributed by atoms with Gasteiger partial charge in [0.2, 0.25) is 0 Å². The molecule has 0 unspecified atom stereocenters. The third-order valence-corrected chi connectivity index (χ3v) is 8.45. The predicted molar refractivity (Wildman–Crippen MR) is 101 cm³/mol. The summed E-state index contributed by atoms with van der Waals surface area (Å²) in [6, 6.07) is 0. The molecule has 0 bridgehead atoms. The van der Waals surface area contributed by atoms with E-state index in [1.807, 2.05) is 0 Å². The van der Waals surface area contributed by atoms with Crippen molar-refractivity contribution < 1.29 is 20.1 Å². The van der Waals surface area contributed by atoms with Gasteiger partial charge in [-0.25, -0.2) is 4.79 Å². The second-order valence-corrected chi connectivity index (χ2v) is 9.47. The molecule has 0 heterocycles. The number of carbonyl (C=O) groups is 1. The highest BCUT2D eigenvalue weighted by molar-refractivity contribution is 5.64. The van der Waals surface area contributed by atoms with Gasteiger partial charge in [-0.1, -0.05) is 26.0 Å². The summed E-state index contributed by atoms with van der Waals surface area (Å²) >= 11 is 0. The summed E-state index contributed by atoms with van der Waals surface area (Å²) in [6.07, 6.45) is 5.30. The van der Waals surface area contributed by atoms with Crippen LogP contribution in [0, 0.1) is 34.5 Å². The second kappa shape index (κ2) is 7.16. The van der Waals surface area contributed by atoms with Crippen molar-refractivity contribution in [3.05, 3.63) is 12.2 Å². The normalized spacial score (nSPS) is 46.0. The van der Waals surface area contributed by atoms with Gasteiger partial charge < -0.3 is 20.6 Å². The van der Waals surface area contributed by atoms with Gasteiger partial charge in [-0.05, 0) is 79.4 Å². The molecule has 0 spiro atoms. The molecule has 5 nitrogen and oxygen atoms in total. The first-order chi connectivity index (χ1) is 12.2. The monoisotopic (exact) mass is 365 g/mol. The molecule has 0 aromatic rings. The molecule has 7 atom stereocenters. The summed E-state index contributed by atoms with van der Waals surface area (Å²) in [5.74, 6) is 1.16. The van der Waals surface area contributed by atoms with E-state index in [-0.39, 0.29) is 35.4 Å². The highest BCUT2D eigenvalue weighted by atomic mass is 16.4. The molecule has 1 amide bonds. The van der Waals surface area contributed by atoms with Crippen molar-refractivity contribution in [2.45, 2.75) is 64.9 Å². The van der Waals surface area contributed by atoms with Gasteiger partial charge in [0.05, 0.1) is 6.10 Å². The molecular weight excluding hydrogens is 330 g/mol. The third kappa shape index (κ3) is 3.18. The minimum atomic E-state index is -0.962. The number of hydrogen-bond donors (Lipinski definition) is 4. The molecule has 3 aliphatic carbocycles. The number of rotatable bonds is 4. The van der Waals surface area contributed by atoms with E-state index < -0.39 is 6.09 Å². The number of hydrogen-bond acceptors (Lipinski definition) is 3. The molecule has 3 saturated carbocycles. The van der Waals surface area contributed by atoms with Crippen LogP contribution in [-0.2, 0) is 0 Å². The maximum absolute atomic E-state index is 11.2. The number of carboxylic acid groups (broad SMARTS) is 1. The summed E-state index contributed by atoms with van der Waals surface area (Å²) < 4.78 is 0. The number of fused-ring (bicyclic) bond motifs is 1. The van der Waals surface area contributed by atoms with E-state index in [4.69, 9.17) is 0 Å². The average Bonchev–Trinajstić information content (AvgIpc) is 2.90. The zero-order chi connectivity index (χ0) is 19.1. The molecule has 0 aromatic heterocycles. The summed E-state index contributed by atoms with van der Waals surface area (Å²) in [7, 11) is 0. The van der Waals surface area contributed by atoms with Crippen LogP contribution in [-0.4, -0.2) is 40.7 Å². The van der Waals surface area contributed by atoms with Crippen LogP contribution in [0.1, 0.15) is 58.8 Å². The van der Waals surface area contributed by atoms with Gasteiger partial charge >= 0.3 is 6.09 Å². The molecule has 0 radical (unpaired) electrons. The van der Waals surface area contributed by atoms with Gasteiger partial charge in [-0.3, -0.25) is 0 Å². The molecule has 4 N–H and O–H groups in total. The third-order valence-electron chi connectivity index (χ3n) is 8.45. The lowest BCUT2D eigenvalue weighted by Gasteiger charge is -2.56. The maximum Gasteiger partial charge on any atom is 0.404 e. The number of aliphatic hydroxyl groups excluding tert-OH is 2. The lowest BCUT2D eigenvalue weighted by Crippen LogP contribution is -2.53. The largest absolute Gasteiger partial charge is 0.465 e. The summed E-state index contributed by atoms with van der Waals surface area (Å²) in [6.45, 7) is 9.48. The Morgan fingerprint density at radius 3 is 2.62 bits per heavy atom. The van der Waals surface area contributed by atoms with Crippen LogP contribution in [0.4, 0.5) is 4.79 Å².